The number of pyridine rings is 1. The van der Waals surface area contributed by atoms with Crippen molar-refractivity contribution in [3.8, 4) is 56.3 Å². The Bertz CT molecular complexity index is 2860. The van der Waals surface area contributed by atoms with Crippen LogP contribution in [0.2, 0.25) is 0 Å². The first-order valence-electron chi connectivity index (χ1n) is 21.2. The van der Waals surface area contributed by atoms with Crippen molar-refractivity contribution in [2.45, 2.75) is 83.0 Å². The molecule has 2 heterocycles. The van der Waals surface area contributed by atoms with Crippen LogP contribution in [-0.2, 0) is 30.9 Å². The molecule has 0 bridgehead atoms. The molecule has 0 aliphatic heterocycles. The molecule has 2 unspecified atom stereocenters. The third kappa shape index (κ3) is 7.22. The van der Waals surface area contributed by atoms with Gasteiger partial charge < -0.3 is 4.98 Å². The number of rotatable bonds is 6. The van der Waals surface area contributed by atoms with E-state index in [2.05, 4.69) is 180 Å². The molecule has 2 atom stereocenters. The summed E-state index contributed by atoms with van der Waals surface area (Å²) in [6.45, 7) is 11.1. The molecule has 0 N–H and O–H groups in total. The van der Waals surface area contributed by atoms with Gasteiger partial charge in [0, 0.05) is 42.8 Å². The average Bonchev–Trinajstić information content (AvgIpc) is 3.52. The van der Waals surface area contributed by atoms with Gasteiger partial charge in [-0.1, -0.05) is 180 Å². The molecule has 0 saturated heterocycles. The fourth-order valence-corrected chi connectivity index (χ4v) is 9.75. The van der Waals surface area contributed by atoms with Crippen molar-refractivity contribution in [3.63, 3.8) is 0 Å². The summed E-state index contributed by atoms with van der Waals surface area (Å²) >= 11 is 0. The Kier molecular flexibility index (Phi) is 10.5. The number of fused-ring (bicyclic) bond motifs is 5. The van der Waals surface area contributed by atoms with E-state index in [9.17, 15) is 0 Å². The van der Waals surface area contributed by atoms with Crippen LogP contribution >= 0.6 is 0 Å². The van der Waals surface area contributed by atoms with Gasteiger partial charge in [0.25, 0.3) is 0 Å². The summed E-state index contributed by atoms with van der Waals surface area (Å²) in [6, 6.07) is 54.3. The van der Waals surface area contributed by atoms with Gasteiger partial charge in [0.15, 0.2) is 11.6 Å². The minimum absolute atomic E-state index is 0. The Morgan fingerprint density at radius 3 is 2.02 bits per heavy atom. The predicted molar refractivity (Wildman–Crippen MR) is 242 cm³/mol. The molecule has 2 aromatic heterocycles. The number of hydrogen-bond donors (Lipinski definition) is 0. The Morgan fingerprint density at radius 2 is 1.27 bits per heavy atom. The fraction of sp³-hybridized carbons (Fsp3) is 0.236. The van der Waals surface area contributed by atoms with Crippen LogP contribution in [0.3, 0.4) is 0 Å². The Hall–Kier alpha value is -5.61. The first-order chi connectivity index (χ1) is 28.6. The Morgan fingerprint density at radius 1 is 0.600 bits per heavy atom. The van der Waals surface area contributed by atoms with Crippen molar-refractivity contribution in [2.24, 2.45) is 0 Å². The monoisotopic (exact) mass is 958 g/mol. The van der Waals surface area contributed by atoms with Gasteiger partial charge in [-0.3, -0.25) is 0 Å². The van der Waals surface area contributed by atoms with E-state index >= 15 is 0 Å². The number of aromatic nitrogens is 4. The van der Waals surface area contributed by atoms with E-state index in [1.807, 2.05) is 6.20 Å². The van der Waals surface area contributed by atoms with E-state index in [4.69, 9.17) is 19.9 Å². The first-order valence-corrected chi connectivity index (χ1v) is 21.2. The Labute approximate surface area is 368 Å². The molecular weight excluding hydrogens is 909 g/mol. The summed E-state index contributed by atoms with van der Waals surface area (Å²) in [4.78, 5) is 20.2. The summed E-state index contributed by atoms with van der Waals surface area (Å²) in [7, 11) is 0. The standard InChI is InChI=1S/C55H49N4.Ir/c1-54(2,3)53-58-51(41-21-14-19-38(32-41)37-18-13-20-39(31-37)44-23-12-11-22-43(44)35-15-7-6-8-16-35)57-52(59-53)42-27-30-49(56-34-42)40-26-28-46-47-29-25-36-17-9-10-24-45(36)50(47)55(4,5)48(46)33-40;/h6-10,13-21,24-25,27-34,43-44H,11-12,22-23H2,1-5H3;/q-1;. The maximum absolute atomic E-state index is 5.10. The molecule has 6 aromatic carbocycles. The van der Waals surface area contributed by atoms with Crippen molar-refractivity contribution >= 4 is 10.8 Å². The molecule has 2 aliphatic carbocycles. The molecule has 299 valence electrons. The number of nitrogens with zero attached hydrogens (tertiary/aromatic N) is 4. The van der Waals surface area contributed by atoms with Crippen LogP contribution in [0.4, 0.5) is 0 Å². The second-order valence-electron chi connectivity index (χ2n) is 18.1. The van der Waals surface area contributed by atoms with Gasteiger partial charge in [0.1, 0.15) is 5.82 Å². The molecule has 60 heavy (non-hydrogen) atoms. The van der Waals surface area contributed by atoms with Crippen LogP contribution in [0.15, 0.2) is 146 Å². The SMILES string of the molecule is CC(C)(C)c1nc(-c2ccc(-c3[c-]cc4c(c3)C(C)(C)c3c-4ccc4ccccc34)nc2)nc(-c2cccc(-c3cccc(C4CCCCC4c4ccccc4)c3)c2)n1.[Ir]. The fourth-order valence-electron chi connectivity index (χ4n) is 9.75. The van der Waals surface area contributed by atoms with Gasteiger partial charge in [-0.05, 0) is 80.4 Å². The van der Waals surface area contributed by atoms with Crippen LogP contribution in [-0.4, -0.2) is 19.9 Å². The largest absolute Gasteiger partial charge is 0.304 e. The van der Waals surface area contributed by atoms with Gasteiger partial charge in [0.2, 0.25) is 0 Å². The average molecular weight is 958 g/mol. The van der Waals surface area contributed by atoms with Crippen molar-refractivity contribution < 1.29 is 20.1 Å². The van der Waals surface area contributed by atoms with Crippen LogP contribution in [0.5, 0.6) is 0 Å². The molecule has 2 aliphatic rings. The zero-order valence-corrected chi connectivity index (χ0v) is 37.4. The van der Waals surface area contributed by atoms with Crippen LogP contribution in [0.1, 0.15) is 100 Å². The molecule has 10 rings (SSSR count). The maximum Gasteiger partial charge on any atom is 0.165 e. The summed E-state index contributed by atoms with van der Waals surface area (Å²) < 4.78 is 0. The predicted octanol–water partition coefficient (Wildman–Crippen LogP) is 13.9. The van der Waals surface area contributed by atoms with Crippen molar-refractivity contribution in [3.05, 3.63) is 180 Å². The molecule has 4 nitrogen and oxygen atoms in total. The molecule has 8 aromatic rings. The third-order valence-corrected chi connectivity index (χ3v) is 12.8. The van der Waals surface area contributed by atoms with Gasteiger partial charge in [-0.2, -0.15) is 0 Å². The second-order valence-corrected chi connectivity index (χ2v) is 18.1. The Balaban J connectivity index is 0.00000462. The second kappa shape index (κ2) is 15.8. The van der Waals surface area contributed by atoms with E-state index in [-0.39, 0.29) is 30.9 Å². The van der Waals surface area contributed by atoms with Crippen molar-refractivity contribution in [1.29, 1.82) is 0 Å². The van der Waals surface area contributed by atoms with Gasteiger partial charge >= 0.3 is 0 Å². The van der Waals surface area contributed by atoms with E-state index in [0.717, 1.165) is 33.8 Å². The summed E-state index contributed by atoms with van der Waals surface area (Å²) in [6.07, 6.45) is 6.93. The minimum Gasteiger partial charge on any atom is -0.304 e. The number of benzene rings is 6. The third-order valence-electron chi connectivity index (χ3n) is 12.8. The van der Waals surface area contributed by atoms with E-state index in [1.165, 1.54) is 75.4 Å². The number of hydrogen-bond acceptors (Lipinski definition) is 4. The van der Waals surface area contributed by atoms with Crippen LogP contribution < -0.4 is 0 Å². The van der Waals surface area contributed by atoms with Gasteiger partial charge in [-0.15, -0.1) is 29.3 Å². The van der Waals surface area contributed by atoms with Crippen LogP contribution in [0, 0.1) is 6.07 Å². The summed E-state index contributed by atoms with van der Waals surface area (Å²) in [5.41, 5.74) is 13.7. The van der Waals surface area contributed by atoms with Crippen LogP contribution in [0.25, 0.3) is 67.1 Å². The summed E-state index contributed by atoms with van der Waals surface area (Å²) in [5, 5.41) is 2.59. The zero-order chi connectivity index (χ0) is 40.3. The maximum atomic E-state index is 5.10. The van der Waals surface area contributed by atoms with E-state index in [0.29, 0.717) is 23.5 Å². The zero-order valence-electron chi connectivity index (χ0n) is 35.0. The van der Waals surface area contributed by atoms with Crippen molar-refractivity contribution in [1.82, 2.24) is 19.9 Å². The van der Waals surface area contributed by atoms with E-state index < -0.39 is 0 Å². The molecule has 1 radical (unpaired) electrons. The molecule has 0 amide bonds. The molecule has 1 saturated carbocycles. The quantitative estimate of drug-likeness (QED) is 0.156. The van der Waals surface area contributed by atoms with Gasteiger partial charge in [-0.25, -0.2) is 15.0 Å². The molecular formula is C55H49IrN4-. The normalized spacial score (nSPS) is 16.8. The molecule has 5 heteroatoms. The van der Waals surface area contributed by atoms with E-state index in [1.54, 1.807) is 0 Å². The van der Waals surface area contributed by atoms with Crippen molar-refractivity contribution in [2.75, 3.05) is 0 Å². The smallest absolute Gasteiger partial charge is 0.165 e. The molecule has 0 spiro atoms. The minimum atomic E-state index is -0.282. The molecule has 1 fully saturated rings. The first kappa shape index (κ1) is 39.8. The topological polar surface area (TPSA) is 51.6 Å². The van der Waals surface area contributed by atoms with Gasteiger partial charge in [0.05, 0.1) is 0 Å². The summed E-state index contributed by atoms with van der Waals surface area (Å²) in [5.74, 6) is 3.10.